The molecular weight excluding hydrogens is 380 g/mol. The number of aromatic nitrogens is 1. The second-order valence-electron chi connectivity index (χ2n) is 8.05. The number of pyridine rings is 1. The van der Waals surface area contributed by atoms with Gasteiger partial charge in [-0.15, -0.1) is 0 Å². The molecule has 2 rings (SSSR count). The Morgan fingerprint density at radius 3 is 2.90 bits per heavy atom. The van der Waals surface area contributed by atoms with Gasteiger partial charge in [-0.3, -0.25) is 9.79 Å². The molecule has 0 radical (unpaired) electrons. The number of piperidine rings is 1. The van der Waals surface area contributed by atoms with Crippen LogP contribution in [0.4, 0.5) is 5.82 Å². The van der Waals surface area contributed by atoms with Crippen LogP contribution in [0.3, 0.4) is 0 Å². The van der Waals surface area contributed by atoms with Crippen LogP contribution in [0.1, 0.15) is 45.6 Å². The number of nitrogens with two attached hydrogens (primary N) is 1. The highest BCUT2D eigenvalue weighted by Crippen LogP contribution is 2.24. The maximum absolute atomic E-state index is 11.6. The van der Waals surface area contributed by atoms with E-state index in [9.17, 15) is 4.79 Å². The van der Waals surface area contributed by atoms with Crippen molar-refractivity contribution in [2.45, 2.75) is 52.7 Å². The van der Waals surface area contributed by atoms with E-state index in [-0.39, 0.29) is 17.9 Å². The van der Waals surface area contributed by atoms with Crippen LogP contribution in [0.5, 0.6) is 0 Å². The zero-order chi connectivity index (χ0) is 21.9. The van der Waals surface area contributed by atoms with Crippen molar-refractivity contribution >= 4 is 17.7 Å². The van der Waals surface area contributed by atoms with Crippen molar-refractivity contribution in [2.75, 3.05) is 38.2 Å². The SMILES string of the molecule is CCOC(CCNC(=NC)NCc1cccnc1N1CCCC(C(N)=O)C1)C(C)C. The van der Waals surface area contributed by atoms with Crippen LogP contribution in [0.2, 0.25) is 0 Å². The fourth-order valence-corrected chi connectivity index (χ4v) is 3.81. The van der Waals surface area contributed by atoms with Gasteiger partial charge in [-0.1, -0.05) is 19.9 Å². The van der Waals surface area contributed by atoms with Gasteiger partial charge in [0.2, 0.25) is 5.91 Å². The van der Waals surface area contributed by atoms with E-state index in [1.807, 2.05) is 13.0 Å². The molecule has 1 aliphatic heterocycles. The Morgan fingerprint density at radius 2 is 2.23 bits per heavy atom. The Hall–Kier alpha value is -2.35. The summed E-state index contributed by atoms with van der Waals surface area (Å²) in [5.41, 5.74) is 6.61. The summed E-state index contributed by atoms with van der Waals surface area (Å²) < 4.78 is 5.81. The highest BCUT2D eigenvalue weighted by molar-refractivity contribution is 5.80. The minimum absolute atomic E-state index is 0.116. The molecule has 1 aromatic rings. The van der Waals surface area contributed by atoms with Crippen LogP contribution >= 0.6 is 0 Å². The van der Waals surface area contributed by atoms with Crippen LogP contribution in [-0.2, 0) is 16.1 Å². The molecule has 4 N–H and O–H groups in total. The first-order valence-electron chi connectivity index (χ1n) is 11.0. The number of hydrogen-bond acceptors (Lipinski definition) is 5. The molecule has 30 heavy (non-hydrogen) atoms. The number of ether oxygens (including phenoxy) is 1. The van der Waals surface area contributed by atoms with Gasteiger partial charge in [0.25, 0.3) is 0 Å². The molecule has 1 aromatic heterocycles. The summed E-state index contributed by atoms with van der Waals surface area (Å²) in [6.07, 6.45) is 4.74. The van der Waals surface area contributed by atoms with Crippen LogP contribution in [0, 0.1) is 11.8 Å². The number of aliphatic imine (C=N–C) groups is 1. The Bertz CT molecular complexity index is 694. The lowest BCUT2D eigenvalue weighted by atomic mass is 9.97. The van der Waals surface area contributed by atoms with Crippen LogP contribution in [-0.4, -0.2) is 56.2 Å². The fraction of sp³-hybridized carbons (Fsp3) is 0.682. The van der Waals surface area contributed by atoms with E-state index in [1.165, 1.54) is 0 Å². The highest BCUT2D eigenvalue weighted by atomic mass is 16.5. The first-order chi connectivity index (χ1) is 14.5. The zero-order valence-corrected chi connectivity index (χ0v) is 18.9. The molecule has 1 amide bonds. The number of nitrogens with one attached hydrogen (secondary N) is 2. The van der Waals surface area contributed by atoms with Crippen molar-refractivity contribution in [3.05, 3.63) is 23.9 Å². The number of primary amides is 1. The molecule has 1 saturated heterocycles. The number of hydrogen-bond donors (Lipinski definition) is 3. The predicted molar refractivity (Wildman–Crippen MR) is 121 cm³/mol. The van der Waals surface area contributed by atoms with Crippen molar-refractivity contribution < 1.29 is 9.53 Å². The molecule has 1 aliphatic rings. The predicted octanol–water partition coefficient (Wildman–Crippen LogP) is 1.90. The molecule has 1 fully saturated rings. The van der Waals surface area contributed by atoms with E-state index < -0.39 is 0 Å². The van der Waals surface area contributed by atoms with Gasteiger partial charge in [-0.25, -0.2) is 4.98 Å². The van der Waals surface area contributed by atoms with E-state index in [1.54, 1.807) is 13.2 Å². The number of nitrogens with zero attached hydrogens (tertiary/aromatic N) is 3. The summed E-state index contributed by atoms with van der Waals surface area (Å²) in [6.45, 7) is 10.0. The van der Waals surface area contributed by atoms with Gasteiger partial charge < -0.3 is 26.0 Å². The van der Waals surface area contributed by atoms with Crippen LogP contribution in [0.15, 0.2) is 23.3 Å². The minimum atomic E-state index is -0.230. The summed E-state index contributed by atoms with van der Waals surface area (Å²) in [7, 11) is 1.77. The van der Waals surface area contributed by atoms with Crippen LogP contribution < -0.4 is 21.3 Å². The third kappa shape index (κ3) is 7.16. The standard InChI is InChI=1S/C22H38N6O2/c1-5-30-19(16(2)3)10-12-26-22(24-4)27-14-17-8-6-11-25-21(17)28-13-7-9-18(15-28)20(23)29/h6,8,11,16,18-19H,5,7,9-10,12-15H2,1-4H3,(H2,23,29)(H2,24,26,27). The van der Waals surface area contributed by atoms with E-state index in [2.05, 4.69) is 45.4 Å². The lowest BCUT2D eigenvalue weighted by Crippen LogP contribution is -2.42. The lowest BCUT2D eigenvalue weighted by Gasteiger charge is -2.33. The fourth-order valence-electron chi connectivity index (χ4n) is 3.81. The third-order valence-electron chi connectivity index (χ3n) is 5.51. The van der Waals surface area contributed by atoms with E-state index in [0.29, 0.717) is 19.0 Å². The molecule has 168 valence electrons. The van der Waals surface area contributed by atoms with Crippen molar-refractivity contribution in [3.8, 4) is 0 Å². The quantitative estimate of drug-likeness (QED) is 0.396. The molecule has 0 bridgehead atoms. The van der Waals surface area contributed by atoms with Gasteiger partial charge in [0.15, 0.2) is 5.96 Å². The Kier molecular flexibility index (Phi) is 9.86. The number of guanidine groups is 1. The smallest absolute Gasteiger partial charge is 0.222 e. The largest absolute Gasteiger partial charge is 0.378 e. The molecular formula is C22H38N6O2. The summed E-state index contributed by atoms with van der Waals surface area (Å²) in [5, 5.41) is 6.74. The molecule has 0 saturated carbocycles. The molecule has 2 heterocycles. The number of amides is 1. The molecule has 0 aromatic carbocycles. The van der Waals surface area contributed by atoms with Gasteiger partial charge in [-0.2, -0.15) is 0 Å². The first-order valence-corrected chi connectivity index (χ1v) is 11.0. The Balaban J connectivity index is 1.92. The Labute approximate surface area is 180 Å². The van der Waals surface area contributed by atoms with E-state index in [4.69, 9.17) is 10.5 Å². The second-order valence-corrected chi connectivity index (χ2v) is 8.05. The van der Waals surface area contributed by atoms with Crippen molar-refractivity contribution in [1.82, 2.24) is 15.6 Å². The van der Waals surface area contributed by atoms with Gasteiger partial charge in [0.1, 0.15) is 5.82 Å². The molecule has 2 unspecified atom stereocenters. The van der Waals surface area contributed by atoms with Crippen LogP contribution in [0.25, 0.3) is 0 Å². The number of rotatable bonds is 10. The summed E-state index contributed by atoms with van der Waals surface area (Å²) in [4.78, 5) is 22.7. The Morgan fingerprint density at radius 1 is 1.43 bits per heavy atom. The molecule has 8 heteroatoms. The third-order valence-corrected chi connectivity index (χ3v) is 5.51. The first kappa shape index (κ1) is 23.9. The van der Waals surface area contributed by atoms with Gasteiger partial charge >= 0.3 is 0 Å². The van der Waals surface area contributed by atoms with Gasteiger partial charge in [-0.05, 0) is 38.2 Å². The molecule has 0 aliphatic carbocycles. The summed E-state index contributed by atoms with van der Waals surface area (Å²) >= 11 is 0. The van der Waals surface area contributed by atoms with Gasteiger partial charge in [0.05, 0.1) is 12.0 Å². The average molecular weight is 419 g/mol. The van der Waals surface area contributed by atoms with Crippen molar-refractivity contribution in [3.63, 3.8) is 0 Å². The maximum atomic E-state index is 11.6. The highest BCUT2D eigenvalue weighted by Gasteiger charge is 2.26. The topological polar surface area (TPSA) is 105 Å². The van der Waals surface area contributed by atoms with Gasteiger partial charge in [0, 0.05) is 51.6 Å². The number of anilines is 1. The molecule has 0 spiro atoms. The summed E-state index contributed by atoms with van der Waals surface area (Å²) in [6, 6.07) is 3.99. The monoisotopic (exact) mass is 418 g/mol. The maximum Gasteiger partial charge on any atom is 0.222 e. The summed E-state index contributed by atoms with van der Waals surface area (Å²) in [5.74, 6) is 1.79. The number of carbonyl (C=O) groups excluding carboxylic acids is 1. The van der Waals surface area contributed by atoms with Crippen molar-refractivity contribution in [2.24, 2.45) is 22.6 Å². The lowest BCUT2D eigenvalue weighted by molar-refractivity contribution is -0.122. The number of carbonyl (C=O) groups is 1. The van der Waals surface area contributed by atoms with E-state index in [0.717, 1.165) is 56.3 Å². The van der Waals surface area contributed by atoms with E-state index >= 15 is 0 Å². The zero-order valence-electron chi connectivity index (χ0n) is 18.9. The average Bonchev–Trinajstić information content (AvgIpc) is 2.75. The second kappa shape index (κ2) is 12.4. The molecule has 8 nitrogen and oxygen atoms in total. The normalized spacial score (nSPS) is 18.4. The molecule has 2 atom stereocenters. The minimum Gasteiger partial charge on any atom is -0.378 e. The van der Waals surface area contributed by atoms with Crippen molar-refractivity contribution in [1.29, 1.82) is 0 Å².